The van der Waals surface area contributed by atoms with E-state index in [9.17, 15) is 4.39 Å². The highest BCUT2D eigenvalue weighted by Crippen LogP contribution is 2.10. The van der Waals surface area contributed by atoms with Gasteiger partial charge in [-0.25, -0.2) is 4.39 Å². The van der Waals surface area contributed by atoms with E-state index < -0.39 is 5.54 Å². The van der Waals surface area contributed by atoms with Gasteiger partial charge in [-0.05, 0) is 38.0 Å². The van der Waals surface area contributed by atoms with E-state index in [1.807, 2.05) is 13.8 Å². The van der Waals surface area contributed by atoms with Crippen molar-refractivity contribution < 1.29 is 4.39 Å². The summed E-state index contributed by atoms with van der Waals surface area (Å²) in [4.78, 5) is 0. The predicted octanol–water partition coefficient (Wildman–Crippen LogP) is 1.43. The second-order valence-corrected chi connectivity index (χ2v) is 4.26. The van der Waals surface area contributed by atoms with E-state index in [0.717, 1.165) is 5.56 Å². The molecular weight excluding hydrogens is 179 g/mol. The van der Waals surface area contributed by atoms with Crippen molar-refractivity contribution in [1.29, 1.82) is 0 Å². The second-order valence-electron chi connectivity index (χ2n) is 4.26. The Morgan fingerprint density at radius 3 is 2.21 bits per heavy atom. The molecule has 0 aliphatic rings. The Bertz CT molecular complexity index is 287. The highest BCUT2D eigenvalue weighted by atomic mass is 19.1. The molecule has 1 unspecified atom stereocenters. The quantitative estimate of drug-likeness (QED) is 0.768. The largest absolute Gasteiger partial charge is 0.326 e. The zero-order chi connectivity index (χ0) is 10.8. The first kappa shape index (κ1) is 11.1. The van der Waals surface area contributed by atoms with Crippen molar-refractivity contribution in [2.24, 2.45) is 11.5 Å². The number of hydrogen-bond acceptors (Lipinski definition) is 2. The standard InChI is InChI=1S/C11H17FN2/c1-11(2,14)10(13)7-8-3-5-9(12)6-4-8/h3-6,10H,7,13-14H2,1-2H3. The molecule has 4 N–H and O–H groups in total. The fourth-order valence-electron chi connectivity index (χ4n) is 1.14. The molecule has 0 saturated heterocycles. The summed E-state index contributed by atoms with van der Waals surface area (Å²) < 4.78 is 12.6. The van der Waals surface area contributed by atoms with Crippen LogP contribution in [0.1, 0.15) is 19.4 Å². The van der Waals surface area contributed by atoms with E-state index in [1.54, 1.807) is 12.1 Å². The minimum absolute atomic E-state index is 0.118. The second kappa shape index (κ2) is 4.07. The SMILES string of the molecule is CC(C)(N)C(N)Cc1ccc(F)cc1. The number of halogens is 1. The van der Waals surface area contributed by atoms with Crippen LogP contribution in [0, 0.1) is 5.82 Å². The van der Waals surface area contributed by atoms with Gasteiger partial charge in [-0.3, -0.25) is 0 Å². The van der Waals surface area contributed by atoms with Crippen LogP contribution in [-0.4, -0.2) is 11.6 Å². The third-order valence-corrected chi connectivity index (χ3v) is 2.32. The molecule has 1 aromatic rings. The Balaban J connectivity index is 2.65. The van der Waals surface area contributed by atoms with Gasteiger partial charge >= 0.3 is 0 Å². The van der Waals surface area contributed by atoms with Crippen LogP contribution in [0.25, 0.3) is 0 Å². The fourth-order valence-corrected chi connectivity index (χ4v) is 1.14. The lowest BCUT2D eigenvalue weighted by atomic mass is 9.91. The summed E-state index contributed by atoms with van der Waals surface area (Å²) in [5.41, 5.74) is 12.4. The zero-order valence-electron chi connectivity index (χ0n) is 8.63. The van der Waals surface area contributed by atoms with Crippen molar-refractivity contribution in [2.45, 2.75) is 31.8 Å². The van der Waals surface area contributed by atoms with Gasteiger partial charge in [0, 0.05) is 11.6 Å². The summed E-state index contributed by atoms with van der Waals surface area (Å²) in [5.74, 6) is -0.227. The molecule has 0 aliphatic carbocycles. The van der Waals surface area contributed by atoms with Gasteiger partial charge in [-0.1, -0.05) is 12.1 Å². The molecule has 1 atom stereocenters. The minimum Gasteiger partial charge on any atom is -0.326 e. The predicted molar refractivity (Wildman–Crippen MR) is 56.3 cm³/mol. The molecule has 0 radical (unpaired) electrons. The summed E-state index contributed by atoms with van der Waals surface area (Å²) in [6, 6.07) is 6.23. The van der Waals surface area contributed by atoms with E-state index in [1.165, 1.54) is 12.1 Å². The molecule has 0 aromatic heterocycles. The third-order valence-electron chi connectivity index (χ3n) is 2.32. The number of nitrogens with two attached hydrogens (primary N) is 2. The highest BCUT2D eigenvalue weighted by molar-refractivity contribution is 5.18. The fraction of sp³-hybridized carbons (Fsp3) is 0.455. The molecule has 1 rings (SSSR count). The van der Waals surface area contributed by atoms with Gasteiger partial charge in [-0.2, -0.15) is 0 Å². The van der Waals surface area contributed by atoms with Crippen LogP contribution in [0.15, 0.2) is 24.3 Å². The van der Waals surface area contributed by atoms with Crippen LogP contribution in [-0.2, 0) is 6.42 Å². The van der Waals surface area contributed by atoms with Gasteiger partial charge in [0.15, 0.2) is 0 Å². The Morgan fingerprint density at radius 2 is 1.79 bits per heavy atom. The van der Waals surface area contributed by atoms with Crippen LogP contribution in [0.3, 0.4) is 0 Å². The molecule has 0 aliphatic heterocycles. The maximum absolute atomic E-state index is 12.6. The average molecular weight is 196 g/mol. The maximum Gasteiger partial charge on any atom is 0.123 e. The lowest BCUT2D eigenvalue weighted by Gasteiger charge is -2.26. The molecule has 0 heterocycles. The average Bonchev–Trinajstić information content (AvgIpc) is 2.07. The van der Waals surface area contributed by atoms with Crippen molar-refractivity contribution in [1.82, 2.24) is 0 Å². The van der Waals surface area contributed by atoms with Crippen LogP contribution in [0.5, 0.6) is 0 Å². The first-order valence-electron chi connectivity index (χ1n) is 4.68. The van der Waals surface area contributed by atoms with Crippen LogP contribution >= 0.6 is 0 Å². The molecule has 0 amide bonds. The van der Waals surface area contributed by atoms with E-state index in [-0.39, 0.29) is 11.9 Å². The Labute approximate surface area is 84.1 Å². The summed E-state index contributed by atoms with van der Waals surface area (Å²) in [7, 11) is 0. The first-order chi connectivity index (χ1) is 6.39. The Hall–Kier alpha value is -0.930. The van der Waals surface area contributed by atoms with Gasteiger partial charge in [0.25, 0.3) is 0 Å². The zero-order valence-corrected chi connectivity index (χ0v) is 8.63. The Kier molecular flexibility index (Phi) is 3.24. The lowest BCUT2D eigenvalue weighted by Crippen LogP contribution is -2.51. The molecule has 3 heteroatoms. The Morgan fingerprint density at radius 1 is 1.29 bits per heavy atom. The number of hydrogen-bond donors (Lipinski definition) is 2. The highest BCUT2D eigenvalue weighted by Gasteiger charge is 2.20. The molecular formula is C11H17FN2. The molecule has 0 saturated carbocycles. The van der Waals surface area contributed by atoms with Gasteiger partial charge < -0.3 is 11.5 Å². The first-order valence-corrected chi connectivity index (χ1v) is 4.68. The monoisotopic (exact) mass is 196 g/mol. The van der Waals surface area contributed by atoms with E-state index in [2.05, 4.69) is 0 Å². The summed E-state index contributed by atoms with van der Waals surface area (Å²) in [5, 5.41) is 0. The van der Waals surface area contributed by atoms with E-state index in [4.69, 9.17) is 11.5 Å². The molecule has 1 aromatic carbocycles. The van der Waals surface area contributed by atoms with Gasteiger partial charge in [0.1, 0.15) is 5.82 Å². The molecule has 78 valence electrons. The van der Waals surface area contributed by atoms with Crippen molar-refractivity contribution in [3.63, 3.8) is 0 Å². The smallest absolute Gasteiger partial charge is 0.123 e. The summed E-state index contributed by atoms with van der Waals surface area (Å²) in [6.07, 6.45) is 0.670. The van der Waals surface area contributed by atoms with Crippen molar-refractivity contribution in [3.8, 4) is 0 Å². The molecule has 0 fully saturated rings. The van der Waals surface area contributed by atoms with E-state index in [0.29, 0.717) is 6.42 Å². The van der Waals surface area contributed by atoms with Crippen LogP contribution in [0.2, 0.25) is 0 Å². The van der Waals surface area contributed by atoms with Gasteiger partial charge in [-0.15, -0.1) is 0 Å². The molecule has 2 nitrogen and oxygen atoms in total. The molecule has 14 heavy (non-hydrogen) atoms. The minimum atomic E-state index is -0.408. The summed E-state index contributed by atoms with van der Waals surface area (Å²) >= 11 is 0. The molecule has 0 bridgehead atoms. The number of benzene rings is 1. The number of rotatable bonds is 3. The maximum atomic E-state index is 12.6. The summed E-state index contributed by atoms with van der Waals surface area (Å²) in [6.45, 7) is 3.78. The van der Waals surface area contributed by atoms with Gasteiger partial charge in [0.05, 0.1) is 0 Å². The normalized spacial score (nSPS) is 14.1. The lowest BCUT2D eigenvalue weighted by molar-refractivity contribution is 0.406. The van der Waals surface area contributed by atoms with E-state index >= 15 is 0 Å². The van der Waals surface area contributed by atoms with Gasteiger partial charge in [0.2, 0.25) is 0 Å². The van der Waals surface area contributed by atoms with Crippen molar-refractivity contribution >= 4 is 0 Å². The van der Waals surface area contributed by atoms with Crippen molar-refractivity contribution in [3.05, 3.63) is 35.6 Å². The topological polar surface area (TPSA) is 52.0 Å². The molecule has 0 spiro atoms. The van der Waals surface area contributed by atoms with Crippen LogP contribution < -0.4 is 11.5 Å². The van der Waals surface area contributed by atoms with Crippen LogP contribution in [0.4, 0.5) is 4.39 Å². The van der Waals surface area contributed by atoms with Crippen molar-refractivity contribution in [2.75, 3.05) is 0 Å². The third kappa shape index (κ3) is 3.09.